The molecule has 0 fully saturated rings. The fraction of sp³-hybridized carbons (Fsp3) is 0.250. The zero-order valence-electron chi connectivity index (χ0n) is 13.4. The number of rotatable bonds is 6. The van der Waals surface area contributed by atoms with E-state index in [9.17, 15) is 9.59 Å². The molecule has 1 atom stereocenters. The van der Waals surface area contributed by atoms with Crippen LogP contribution in [0.3, 0.4) is 0 Å². The van der Waals surface area contributed by atoms with E-state index in [0.717, 1.165) is 5.56 Å². The van der Waals surface area contributed by atoms with Crippen molar-refractivity contribution in [3.8, 4) is 11.5 Å². The summed E-state index contributed by atoms with van der Waals surface area (Å²) in [6, 6.07) is 14.6. The van der Waals surface area contributed by atoms with E-state index in [-0.39, 0.29) is 6.16 Å². The molecule has 1 heterocycles. The molecule has 0 saturated carbocycles. The summed E-state index contributed by atoms with van der Waals surface area (Å²) in [5, 5.41) is 10.1. The SMILES string of the molecule is COP(=O)(CC1OB(O)c2cc(Oc3ccccc3)ccc21)OC. The third-order valence-corrected chi connectivity index (χ3v) is 5.78. The van der Waals surface area contributed by atoms with E-state index in [4.69, 9.17) is 18.4 Å². The Morgan fingerprint density at radius 3 is 2.50 bits per heavy atom. The molecule has 0 aliphatic carbocycles. The topological polar surface area (TPSA) is 74.2 Å². The maximum absolute atomic E-state index is 12.3. The van der Waals surface area contributed by atoms with Crippen LogP contribution >= 0.6 is 7.60 Å². The highest BCUT2D eigenvalue weighted by Gasteiger charge is 2.39. The molecular weight excluding hydrogens is 330 g/mol. The molecule has 126 valence electrons. The second kappa shape index (κ2) is 7.09. The van der Waals surface area contributed by atoms with Gasteiger partial charge in [0.05, 0.1) is 12.3 Å². The number of hydrogen-bond acceptors (Lipinski definition) is 6. The van der Waals surface area contributed by atoms with Gasteiger partial charge in [0.1, 0.15) is 11.5 Å². The van der Waals surface area contributed by atoms with Crippen LogP contribution in [0.2, 0.25) is 0 Å². The van der Waals surface area contributed by atoms with Gasteiger partial charge in [-0.3, -0.25) is 4.57 Å². The fourth-order valence-electron chi connectivity index (χ4n) is 2.62. The largest absolute Gasteiger partial charge is 0.492 e. The molecule has 1 aliphatic heterocycles. The molecule has 0 radical (unpaired) electrons. The van der Waals surface area contributed by atoms with Gasteiger partial charge in [-0.15, -0.1) is 0 Å². The van der Waals surface area contributed by atoms with Gasteiger partial charge in [-0.2, -0.15) is 0 Å². The summed E-state index contributed by atoms with van der Waals surface area (Å²) in [7, 11) is -1.70. The molecule has 8 heteroatoms. The third-order valence-electron chi connectivity index (χ3n) is 3.89. The summed E-state index contributed by atoms with van der Waals surface area (Å²) in [5.74, 6) is 1.29. The summed E-state index contributed by atoms with van der Waals surface area (Å²) in [6.07, 6.45) is -0.533. The first kappa shape index (κ1) is 17.2. The first-order chi connectivity index (χ1) is 11.5. The van der Waals surface area contributed by atoms with Crippen LogP contribution in [0.1, 0.15) is 11.7 Å². The Bertz CT molecular complexity index is 745. The predicted octanol–water partition coefficient (Wildman–Crippen LogP) is 2.72. The van der Waals surface area contributed by atoms with E-state index in [2.05, 4.69) is 0 Å². The maximum atomic E-state index is 12.3. The maximum Gasteiger partial charge on any atom is 0.492 e. The molecule has 3 rings (SSSR count). The van der Waals surface area contributed by atoms with E-state index in [1.54, 1.807) is 18.2 Å². The van der Waals surface area contributed by atoms with Crippen LogP contribution in [0.25, 0.3) is 0 Å². The smallest absolute Gasteiger partial charge is 0.457 e. The van der Waals surface area contributed by atoms with Crippen molar-refractivity contribution in [2.24, 2.45) is 0 Å². The minimum absolute atomic E-state index is 0.0307. The Kier molecular flexibility index (Phi) is 5.08. The lowest BCUT2D eigenvalue weighted by Gasteiger charge is -2.18. The van der Waals surface area contributed by atoms with Gasteiger partial charge in [0.2, 0.25) is 0 Å². The van der Waals surface area contributed by atoms with Crippen LogP contribution in [-0.2, 0) is 18.3 Å². The van der Waals surface area contributed by atoms with Gasteiger partial charge in [0.15, 0.2) is 0 Å². The lowest BCUT2D eigenvalue weighted by Crippen LogP contribution is -2.28. The summed E-state index contributed by atoms with van der Waals surface area (Å²) in [4.78, 5) is 0. The lowest BCUT2D eigenvalue weighted by molar-refractivity contribution is 0.193. The quantitative estimate of drug-likeness (QED) is 0.639. The van der Waals surface area contributed by atoms with Crippen LogP contribution in [0.4, 0.5) is 0 Å². The van der Waals surface area contributed by atoms with Crippen LogP contribution < -0.4 is 10.2 Å². The van der Waals surface area contributed by atoms with Crippen molar-refractivity contribution in [3.05, 3.63) is 54.1 Å². The van der Waals surface area contributed by atoms with Crippen LogP contribution in [0, 0.1) is 0 Å². The fourth-order valence-corrected chi connectivity index (χ4v) is 3.75. The van der Waals surface area contributed by atoms with E-state index >= 15 is 0 Å². The Morgan fingerprint density at radius 2 is 1.83 bits per heavy atom. The van der Waals surface area contributed by atoms with Crippen molar-refractivity contribution < 1.29 is 28.0 Å². The van der Waals surface area contributed by atoms with Crippen molar-refractivity contribution in [2.45, 2.75) is 6.10 Å². The van der Waals surface area contributed by atoms with Crippen molar-refractivity contribution in [1.29, 1.82) is 0 Å². The molecule has 0 amide bonds. The number of para-hydroxylation sites is 1. The normalized spacial score (nSPS) is 17.0. The number of benzene rings is 2. The van der Waals surface area contributed by atoms with Gasteiger partial charge in [-0.25, -0.2) is 0 Å². The lowest BCUT2D eigenvalue weighted by atomic mass is 9.79. The molecule has 24 heavy (non-hydrogen) atoms. The minimum Gasteiger partial charge on any atom is -0.457 e. The first-order valence-corrected chi connectivity index (χ1v) is 9.18. The summed E-state index contributed by atoms with van der Waals surface area (Å²) < 4.78 is 33.5. The molecule has 2 aromatic rings. The molecule has 1 N–H and O–H groups in total. The number of ether oxygens (including phenoxy) is 1. The third kappa shape index (κ3) is 3.56. The molecule has 6 nitrogen and oxygen atoms in total. The van der Waals surface area contributed by atoms with E-state index in [1.165, 1.54) is 14.2 Å². The molecule has 0 bridgehead atoms. The highest BCUT2D eigenvalue weighted by atomic mass is 31.2. The predicted molar refractivity (Wildman–Crippen MR) is 90.9 cm³/mol. The van der Waals surface area contributed by atoms with Crippen molar-refractivity contribution in [2.75, 3.05) is 20.4 Å². The monoisotopic (exact) mass is 348 g/mol. The molecule has 0 saturated heterocycles. The number of fused-ring (bicyclic) bond motifs is 1. The molecule has 1 unspecified atom stereocenters. The summed E-state index contributed by atoms with van der Waals surface area (Å²) in [5.41, 5.74) is 1.34. The van der Waals surface area contributed by atoms with Crippen LogP contribution in [0.15, 0.2) is 48.5 Å². The van der Waals surface area contributed by atoms with Gasteiger partial charge >= 0.3 is 14.7 Å². The highest BCUT2D eigenvalue weighted by Crippen LogP contribution is 2.50. The number of hydrogen-bond donors (Lipinski definition) is 1. The molecular formula is C16H18BO6P. The molecule has 0 spiro atoms. The Balaban J connectivity index is 1.82. The highest BCUT2D eigenvalue weighted by molar-refractivity contribution is 7.53. The Hall–Kier alpha value is -1.63. The van der Waals surface area contributed by atoms with E-state index < -0.39 is 20.8 Å². The van der Waals surface area contributed by atoms with Gasteiger partial charge in [-0.05, 0) is 35.3 Å². The summed E-state index contributed by atoms with van der Waals surface area (Å²) in [6.45, 7) is 0. The molecule has 2 aromatic carbocycles. The second-order valence-electron chi connectivity index (χ2n) is 5.34. The van der Waals surface area contributed by atoms with E-state index in [0.29, 0.717) is 17.0 Å². The van der Waals surface area contributed by atoms with Gasteiger partial charge < -0.3 is 23.5 Å². The zero-order valence-corrected chi connectivity index (χ0v) is 14.3. The standard InChI is InChI=1S/C16H18BO6P/c1-20-24(19,21-2)11-16-14-9-8-13(10-15(14)17(18)23-16)22-12-6-4-3-5-7-12/h3-10,16,18H,11H2,1-2H3. The van der Waals surface area contributed by atoms with Gasteiger partial charge in [0, 0.05) is 14.2 Å². The Morgan fingerprint density at radius 1 is 1.12 bits per heavy atom. The minimum atomic E-state index is -3.25. The average molecular weight is 348 g/mol. The summed E-state index contributed by atoms with van der Waals surface area (Å²) >= 11 is 0. The van der Waals surface area contributed by atoms with E-state index in [1.807, 2.05) is 30.3 Å². The van der Waals surface area contributed by atoms with Gasteiger partial charge in [0.25, 0.3) is 0 Å². The second-order valence-corrected chi connectivity index (χ2v) is 7.66. The van der Waals surface area contributed by atoms with Crippen LogP contribution in [0.5, 0.6) is 11.5 Å². The van der Waals surface area contributed by atoms with Crippen molar-refractivity contribution in [3.63, 3.8) is 0 Å². The molecule has 0 aromatic heterocycles. The Labute approximate surface area is 141 Å². The average Bonchev–Trinajstić information content (AvgIpc) is 2.91. The van der Waals surface area contributed by atoms with Crippen molar-refractivity contribution >= 4 is 20.2 Å². The first-order valence-electron chi connectivity index (χ1n) is 7.45. The zero-order chi connectivity index (χ0) is 17.2. The van der Waals surface area contributed by atoms with Crippen LogP contribution in [-0.4, -0.2) is 32.5 Å². The van der Waals surface area contributed by atoms with Gasteiger partial charge in [-0.1, -0.05) is 24.3 Å². The molecule has 1 aliphatic rings. The van der Waals surface area contributed by atoms with Crippen molar-refractivity contribution in [1.82, 2.24) is 0 Å².